The molecular formula is C14H20BrNO. The molecule has 0 saturated heterocycles. The lowest BCUT2D eigenvalue weighted by atomic mass is 10.1. The van der Waals surface area contributed by atoms with E-state index in [1.165, 1.54) is 5.56 Å². The van der Waals surface area contributed by atoms with Crippen molar-refractivity contribution in [3.8, 4) is 0 Å². The number of halogens is 1. The van der Waals surface area contributed by atoms with Gasteiger partial charge in [0.1, 0.15) is 0 Å². The largest absolute Gasteiger partial charge is 0.380 e. The molecule has 0 aliphatic heterocycles. The maximum atomic E-state index is 5.44. The number of rotatable bonds is 8. The van der Waals surface area contributed by atoms with Gasteiger partial charge in [0.25, 0.3) is 0 Å². The highest BCUT2D eigenvalue weighted by molar-refractivity contribution is 9.10. The van der Waals surface area contributed by atoms with Gasteiger partial charge >= 0.3 is 0 Å². The molecule has 0 radical (unpaired) electrons. The average molecular weight is 298 g/mol. The van der Waals surface area contributed by atoms with Gasteiger partial charge in [-0.05, 0) is 31.0 Å². The second-order valence-electron chi connectivity index (χ2n) is 3.92. The first-order chi connectivity index (χ1) is 8.24. The van der Waals surface area contributed by atoms with Crippen molar-refractivity contribution in [3.63, 3.8) is 0 Å². The summed E-state index contributed by atoms with van der Waals surface area (Å²) in [6.45, 7) is 8.18. The standard InChI is InChI=1S/C14H20BrNO/c1-3-4-9-17-10-8-16-12(2)13-6-5-7-14(15)11-13/h3,5-7,11-12,16H,1,4,8-10H2,2H3. The van der Waals surface area contributed by atoms with Crippen LogP contribution in [0.3, 0.4) is 0 Å². The van der Waals surface area contributed by atoms with E-state index < -0.39 is 0 Å². The molecule has 0 saturated carbocycles. The number of ether oxygens (including phenoxy) is 1. The first-order valence-electron chi connectivity index (χ1n) is 5.91. The Hall–Kier alpha value is -0.640. The first-order valence-corrected chi connectivity index (χ1v) is 6.71. The van der Waals surface area contributed by atoms with Gasteiger partial charge in [0.2, 0.25) is 0 Å². The molecule has 1 aromatic rings. The Morgan fingerprint density at radius 1 is 1.47 bits per heavy atom. The van der Waals surface area contributed by atoms with Crippen molar-refractivity contribution in [2.24, 2.45) is 0 Å². The summed E-state index contributed by atoms with van der Waals surface area (Å²) in [6.07, 6.45) is 2.79. The van der Waals surface area contributed by atoms with Crippen LogP contribution < -0.4 is 5.32 Å². The smallest absolute Gasteiger partial charge is 0.0591 e. The van der Waals surface area contributed by atoms with E-state index in [0.29, 0.717) is 6.04 Å². The molecule has 94 valence electrons. The van der Waals surface area contributed by atoms with Crippen LogP contribution in [0.25, 0.3) is 0 Å². The molecule has 0 aliphatic rings. The average Bonchev–Trinajstić information content (AvgIpc) is 2.33. The Bertz CT molecular complexity index is 341. The van der Waals surface area contributed by atoms with Crippen molar-refractivity contribution in [2.75, 3.05) is 19.8 Å². The third-order valence-corrected chi connectivity index (χ3v) is 3.01. The molecule has 0 amide bonds. The number of benzene rings is 1. The topological polar surface area (TPSA) is 21.3 Å². The normalized spacial score (nSPS) is 12.4. The first kappa shape index (κ1) is 14.4. The summed E-state index contributed by atoms with van der Waals surface area (Å²) in [5.74, 6) is 0. The fourth-order valence-electron chi connectivity index (χ4n) is 1.51. The minimum atomic E-state index is 0.343. The second-order valence-corrected chi connectivity index (χ2v) is 4.84. The highest BCUT2D eigenvalue weighted by Crippen LogP contribution is 2.17. The Balaban J connectivity index is 2.21. The van der Waals surface area contributed by atoms with Crippen LogP contribution >= 0.6 is 15.9 Å². The van der Waals surface area contributed by atoms with E-state index in [4.69, 9.17) is 4.74 Å². The van der Waals surface area contributed by atoms with Crippen LogP contribution in [0, 0.1) is 0 Å². The molecule has 0 bridgehead atoms. The molecule has 1 unspecified atom stereocenters. The third-order valence-electron chi connectivity index (χ3n) is 2.51. The Morgan fingerprint density at radius 2 is 2.29 bits per heavy atom. The van der Waals surface area contributed by atoms with Crippen LogP contribution in [0.15, 0.2) is 41.4 Å². The summed E-state index contributed by atoms with van der Waals surface area (Å²) in [5.41, 5.74) is 1.28. The molecule has 17 heavy (non-hydrogen) atoms. The quantitative estimate of drug-likeness (QED) is 0.584. The minimum Gasteiger partial charge on any atom is -0.380 e. The molecule has 0 spiro atoms. The van der Waals surface area contributed by atoms with Gasteiger partial charge in [-0.15, -0.1) is 6.58 Å². The molecule has 0 heterocycles. The summed E-state index contributed by atoms with van der Waals surface area (Å²) in [7, 11) is 0. The molecule has 1 N–H and O–H groups in total. The van der Waals surface area contributed by atoms with E-state index in [1.54, 1.807) is 0 Å². The minimum absolute atomic E-state index is 0.343. The van der Waals surface area contributed by atoms with Crippen molar-refractivity contribution in [2.45, 2.75) is 19.4 Å². The van der Waals surface area contributed by atoms with Gasteiger partial charge in [-0.3, -0.25) is 0 Å². The van der Waals surface area contributed by atoms with E-state index >= 15 is 0 Å². The van der Waals surface area contributed by atoms with Crippen molar-refractivity contribution in [1.29, 1.82) is 0 Å². The predicted molar refractivity (Wildman–Crippen MR) is 76.2 cm³/mol. The van der Waals surface area contributed by atoms with Gasteiger partial charge < -0.3 is 10.1 Å². The van der Waals surface area contributed by atoms with Gasteiger partial charge in [0, 0.05) is 17.1 Å². The fourth-order valence-corrected chi connectivity index (χ4v) is 1.93. The molecule has 2 nitrogen and oxygen atoms in total. The van der Waals surface area contributed by atoms with E-state index in [1.807, 2.05) is 12.1 Å². The van der Waals surface area contributed by atoms with E-state index in [9.17, 15) is 0 Å². The van der Waals surface area contributed by atoms with Crippen LogP contribution in [-0.4, -0.2) is 19.8 Å². The van der Waals surface area contributed by atoms with Crippen molar-refractivity contribution in [3.05, 3.63) is 47.0 Å². The highest BCUT2D eigenvalue weighted by Gasteiger charge is 2.03. The van der Waals surface area contributed by atoms with Gasteiger partial charge in [0.05, 0.1) is 13.2 Å². The van der Waals surface area contributed by atoms with Crippen LogP contribution in [0.5, 0.6) is 0 Å². The lowest BCUT2D eigenvalue weighted by molar-refractivity contribution is 0.138. The predicted octanol–water partition coefficient (Wildman–Crippen LogP) is 3.69. The van der Waals surface area contributed by atoms with Gasteiger partial charge in [0.15, 0.2) is 0 Å². The zero-order chi connectivity index (χ0) is 12.5. The molecule has 0 fully saturated rings. The van der Waals surface area contributed by atoms with E-state index in [0.717, 1.165) is 30.7 Å². The van der Waals surface area contributed by atoms with Crippen molar-refractivity contribution in [1.82, 2.24) is 5.32 Å². The van der Waals surface area contributed by atoms with Gasteiger partial charge in [-0.25, -0.2) is 0 Å². The monoisotopic (exact) mass is 297 g/mol. The van der Waals surface area contributed by atoms with E-state index in [-0.39, 0.29) is 0 Å². The Morgan fingerprint density at radius 3 is 3.00 bits per heavy atom. The maximum Gasteiger partial charge on any atom is 0.0591 e. The summed E-state index contributed by atoms with van der Waals surface area (Å²) in [6, 6.07) is 8.69. The Kier molecular flexibility index (Phi) is 7.17. The van der Waals surface area contributed by atoms with Gasteiger partial charge in [-0.2, -0.15) is 0 Å². The summed E-state index contributed by atoms with van der Waals surface area (Å²) in [5, 5.41) is 3.43. The summed E-state index contributed by atoms with van der Waals surface area (Å²) < 4.78 is 6.56. The van der Waals surface area contributed by atoms with Crippen LogP contribution in [0.4, 0.5) is 0 Å². The molecule has 3 heteroatoms. The fraction of sp³-hybridized carbons (Fsp3) is 0.429. The van der Waals surface area contributed by atoms with E-state index in [2.05, 4.69) is 52.9 Å². The van der Waals surface area contributed by atoms with Crippen LogP contribution in [0.2, 0.25) is 0 Å². The summed E-state index contributed by atoms with van der Waals surface area (Å²) in [4.78, 5) is 0. The highest BCUT2D eigenvalue weighted by atomic mass is 79.9. The van der Waals surface area contributed by atoms with Crippen molar-refractivity contribution >= 4 is 15.9 Å². The maximum absolute atomic E-state index is 5.44. The molecule has 1 aromatic carbocycles. The summed E-state index contributed by atoms with van der Waals surface area (Å²) >= 11 is 3.48. The lowest BCUT2D eigenvalue weighted by Gasteiger charge is -2.14. The van der Waals surface area contributed by atoms with Crippen LogP contribution in [0.1, 0.15) is 24.9 Å². The number of hydrogen-bond donors (Lipinski definition) is 1. The van der Waals surface area contributed by atoms with Gasteiger partial charge in [-0.1, -0.05) is 34.1 Å². The number of hydrogen-bond acceptors (Lipinski definition) is 2. The molecule has 0 aliphatic carbocycles. The lowest BCUT2D eigenvalue weighted by Crippen LogP contribution is -2.23. The molecule has 0 aromatic heterocycles. The second kappa shape index (κ2) is 8.45. The Labute approximate surface area is 112 Å². The molecule has 1 atom stereocenters. The zero-order valence-corrected chi connectivity index (χ0v) is 11.9. The number of nitrogens with one attached hydrogen (secondary N) is 1. The molecular weight excluding hydrogens is 278 g/mol. The SMILES string of the molecule is C=CCCOCCNC(C)c1cccc(Br)c1. The van der Waals surface area contributed by atoms with Crippen LogP contribution in [-0.2, 0) is 4.74 Å². The van der Waals surface area contributed by atoms with Crippen molar-refractivity contribution < 1.29 is 4.74 Å². The third kappa shape index (κ3) is 6.01. The molecule has 1 rings (SSSR count). The zero-order valence-electron chi connectivity index (χ0n) is 10.3.